The maximum atomic E-state index is 9.52. The Balaban J connectivity index is 2.44. The van der Waals surface area contributed by atoms with Crippen LogP contribution in [0.5, 0.6) is 0 Å². The number of hydrogen-bond donors (Lipinski definition) is 3. The van der Waals surface area contributed by atoms with Gasteiger partial charge in [-0.05, 0) is 18.0 Å². The summed E-state index contributed by atoms with van der Waals surface area (Å²) >= 11 is 0. The molecule has 2 unspecified atom stereocenters. The van der Waals surface area contributed by atoms with E-state index in [-0.39, 0.29) is 13.0 Å². The number of hydrogen-bond acceptors (Lipinski definition) is 4. The molecule has 0 spiro atoms. The smallest absolute Gasteiger partial charge is 0.121 e. The summed E-state index contributed by atoms with van der Waals surface area (Å²) in [5.41, 5.74) is 8.44. The highest BCUT2D eigenvalue weighted by Gasteiger charge is 2.18. The Morgan fingerprint density at radius 3 is 3.00 bits per heavy atom. The van der Waals surface area contributed by atoms with Crippen molar-refractivity contribution in [2.75, 3.05) is 6.54 Å². The predicted molar refractivity (Wildman–Crippen MR) is 48.2 cm³/mol. The second-order valence-electron chi connectivity index (χ2n) is 2.77. The van der Waals surface area contributed by atoms with Crippen LogP contribution in [0.3, 0.4) is 0 Å². The minimum atomic E-state index is -1.02. The fourth-order valence-electron chi connectivity index (χ4n) is 1.03. The molecule has 0 saturated carbocycles. The molecule has 1 aromatic heterocycles. The number of aromatic amines is 1. The van der Waals surface area contributed by atoms with E-state index in [1.165, 1.54) is 6.20 Å². The second kappa shape index (κ2) is 5.23. The third kappa shape index (κ3) is 2.74. The molecule has 1 aromatic rings. The quantitative estimate of drug-likeness (QED) is 0.362. The Hall–Kier alpha value is -1.56. The molecule has 0 aromatic carbocycles. The van der Waals surface area contributed by atoms with Gasteiger partial charge in [0.05, 0.1) is 11.8 Å². The van der Waals surface area contributed by atoms with Crippen molar-refractivity contribution in [2.24, 2.45) is 5.11 Å². The van der Waals surface area contributed by atoms with Gasteiger partial charge in [-0.2, -0.15) is 5.10 Å². The predicted octanol–water partition coefficient (Wildman–Crippen LogP) is 0.504. The van der Waals surface area contributed by atoms with Crippen molar-refractivity contribution >= 4 is 0 Å². The number of aromatic nitrogens is 2. The highest BCUT2D eigenvalue weighted by molar-refractivity contribution is 5.03. The minimum Gasteiger partial charge on any atom is -0.390 e. The molecular weight excluding hydrogens is 186 g/mol. The Kier molecular flexibility index (Phi) is 3.93. The zero-order valence-corrected chi connectivity index (χ0v) is 7.41. The third-order valence-corrected chi connectivity index (χ3v) is 1.79. The summed E-state index contributed by atoms with van der Waals surface area (Å²) in [7, 11) is 0. The lowest BCUT2D eigenvalue weighted by atomic mass is 10.1. The van der Waals surface area contributed by atoms with Gasteiger partial charge < -0.3 is 10.2 Å². The van der Waals surface area contributed by atoms with E-state index in [0.717, 1.165) is 0 Å². The lowest BCUT2D eigenvalue weighted by Crippen LogP contribution is -2.19. The van der Waals surface area contributed by atoms with Crippen LogP contribution in [0.15, 0.2) is 17.4 Å². The average Bonchev–Trinajstić information content (AvgIpc) is 2.69. The summed E-state index contributed by atoms with van der Waals surface area (Å²) < 4.78 is 0. The van der Waals surface area contributed by atoms with Crippen LogP contribution in [-0.2, 0) is 0 Å². The summed E-state index contributed by atoms with van der Waals surface area (Å²) in [6.07, 6.45) is -0.282. The highest BCUT2D eigenvalue weighted by Crippen LogP contribution is 2.15. The highest BCUT2D eigenvalue weighted by atomic mass is 16.3. The number of aliphatic hydroxyl groups excluding tert-OH is 2. The number of nitrogens with one attached hydrogen (secondary N) is 1. The van der Waals surface area contributed by atoms with E-state index in [2.05, 4.69) is 20.2 Å². The number of H-pyrrole nitrogens is 1. The van der Waals surface area contributed by atoms with Crippen LogP contribution >= 0.6 is 0 Å². The molecule has 14 heavy (non-hydrogen) atoms. The first-order valence-electron chi connectivity index (χ1n) is 4.12. The first-order chi connectivity index (χ1) is 6.75. The molecule has 3 N–H and O–H groups in total. The van der Waals surface area contributed by atoms with Gasteiger partial charge >= 0.3 is 0 Å². The van der Waals surface area contributed by atoms with Gasteiger partial charge in [0, 0.05) is 17.7 Å². The zero-order valence-electron chi connectivity index (χ0n) is 7.41. The summed E-state index contributed by atoms with van der Waals surface area (Å²) in [6, 6.07) is 1.57. The summed E-state index contributed by atoms with van der Waals surface area (Å²) in [5, 5.41) is 28.4. The van der Waals surface area contributed by atoms with Crippen LogP contribution in [0.2, 0.25) is 0 Å². The molecule has 0 aliphatic heterocycles. The van der Waals surface area contributed by atoms with Crippen LogP contribution in [0.4, 0.5) is 0 Å². The summed E-state index contributed by atoms with van der Waals surface area (Å²) in [6.45, 7) is 0.156. The Labute approximate surface area is 80.0 Å². The standard InChI is InChI=1S/C7H11N5O2/c8-12-10-4-2-6(13)7(14)5-1-3-9-11-5/h1,3,6-7,13-14H,2,4H2,(H,9,11). The number of nitrogens with zero attached hydrogens (tertiary/aromatic N) is 4. The van der Waals surface area contributed by atoms with Crippen LogP contribution in [0, 0.1) is 0 Å². The molecule has 7 nitrogen and oxygen atoms in total. The van der Waals surface area contributed by atoms with Gasteiger partial charge in [0.1, 0.15) is 6.10 Å². The van der Waals surface area contributed by atoms with Crippen LogP contribution in [0.25, 0.3) is 10.4 Å². The Morgan fingerprint density at radius 2 is 2.43 bits per heavy atom. The van der Waals surface area contributed by atoms with E-state index in [1.54, 1.807) is 6.07 Å². The molecule has 7 heteroatoms. The molecule has 0 saturated heterocycles. The average molecular weight is 197 g/mol. The normalized spacial score (nSPS) is 14.4. The molecule has 1 rings (SSSR count). The van der Waals surface area contributed by atoms with Gasteiger partial charge in [-0.3, -0.25) is 5.10 Å². The maximum absolute atomic E-state index is 9.52. The van der Waals surface area contributed by atoms with Gasteiger partial charge in [-0.15, -0.1) is 0 Å². The van der Waals surface area contributed by atoms with Crippen LogP contribution < -0.4 is 0 Å². The van der Waals surface area contributed by atoms with Crippen LogP contribution in [-0.4, -0.2) is 33.1 Å². The fraction of sp³-hybridized carbons (Fsp3) is 0.571. The SMILES string of the molecule is [N-]=[N+]=NCCC(O)C(O)c1ccn[nH]1. The fourth-order valence-corrected chi connectivity index (χ4v) is 1.03. The topological polar surface area (TPSA) is 118 Å². The zero-order chi connectivity index (χ0) is 10.4. The molecule has 0 aliphatic rings. The molecule has 0 bridgehead atoms. The lowest BCUT2D eigenvalue weighted by Gasteiger charge is -2.14. The van der Waals surface area contributed by atoms with Gasteiger partial charge in [0.15, 0.2) is 0 Å². The molecule has 0 amide bonds. The molecule has 2 atom stereocenters. The lowest BCUT2D eigenvalue weighted by molar-refractivity contribution is 0.0125. The number of aliphatic hydroxyl groups is 2. The molecular formula is C7H11N5O2. The van der Waals surface area contributed by atoms with Crippen molar-refractivity contribution in [3.8, 4) is 0 Å². The molecule has 0 aliphatic carbocycles. The van der Waals surface area contributed by atoms with E-state index >= 15 is 0 Å². The third-order valence-electron chi connectivity index (χ3n) is 1.79. The summed E-state index contributed by atoms with van der Waals surface area (Å²) in [5.74, 6) is 0. The largest absolute Gasteiger partial charge is 0.390 e. The monoisotopic (exact) mass is 197 g/mol. The van der Waals surface area contributed by atoms with Crippen molar-refractivity contribution in [2.45, 2.75) is 18.6 Å². The van der Waals surface area contributed by atoms with Crippen molar-refractivity contribution in [1.29, 1.82) is 0 Å². The van der Waals surface area contributed by atoms with E-state index in [4.69, 9.17) is 5.53 Å². The molecule has 76 valence electrons. The number of rotatable bonds is 5. The van der Waals surface area contributed by atoms with E-state index in [0.29, 0.717) is 5.69 Å². The maximum Gasteiger partial charge on any atom is 0.121 e. The van der Waals surface area contributed by atoms with Gasteiger partial charge in [-0.1, -0.05) is 5.11 Å². The van der Waals surface area contributed by atoms with Gasteiger partial charge in [0.2, 0.25) is 0 Å². The first kappa shape index (κ1) is 10.5. The van der Waals surface area contributed by atoms with Crippen molar-refractivity contribution < 1.29 is 10.2 Å². The van der Waals surface area contributed by atoms with Crippen LogP contribution in [0.1, 0.15) is 18.2 Å². The van der Waals surface area contributed by atoms with E-state index in [1.807, 2.05) is 0 Å². The van der Waals surface area contributed by atoms with Crippen molar-refractivity contribution in [3.05, 3.63) is 28.4 Å². The van der Waals surface area contributed by atoms with E-state index in [9.17, 15) is 10.2 Å². The minimum absolute atomic E-state index is 0.156. The first-order valence-corrected chi connectivity index (χ1v) is 4.12. The van der Waals surface area contributed by atoms with Gasteiger partial charge in [0.25, 0.3) is 0 Å². The van der Waals surface area contributed by atoms with Crippen molar-refractivity contribution in [3.63, 3.8) is 0 Å². The molecule has 1 heterocycles. The summed E-state index contributed by atoms with van der Waals surface area (Å²) in [4.78, 5) is 2.54. The number of azide groups is 1. The Morgan fingerprint density at radius 1 is 1.64 bits per heavy atom. The van der Waals surface area contributed by atoms with Crippen molar-refractivity contribution in [1.82, 2.24) is 10.2 Å². The Bertz CT molecular complexity index is 306. The second-order valence-corrected chi connectivity index (χ2v) is 2.77. The molecule has 0 radical (unpaired) electrons. The van der Waals surface area contributed by atoms with Gasteiger partial charge in [-0.25, -0.2) is 0 Å². The molecule has 0 fully saturated rings. The van der Waals surface area contributed by atoms with E-state index < -0.39 is 12.2 Å².